The zero-order chi connectivity index (χ0) is 26.9. The van der Waals surface area contributed by atoms with E-state index in [1.54, 1.807) is 48.5 Å². The Bertz CT molecular complexity index is 1420. The average molecular weight is 637 g/mol. The highest BCUT2D eigenvalue weighted by molar-refractivity contribution is 14.1. The van der Waals surface area contributed by atoms with Crippen molar-refractivity contribution >= 4 is 69.5 Å². The number of hydrogen-bond donors (Lipinski definition) is 3. The number of amides is 3. The van der Waals surface area contributed by atoms with Crippen LogP contribution in [0.25, 0.3) is 6.08 Å². The van der Waals surface area contributed by atoms with E-state index in [1.807, 2.05) is 49.4 Å². The van der Waals surface area contributed by atoms with Crippen molar-refractivity contribution in [2.75, 3.05) is 10.6 Å². The van der Waals surface area contributed by atoms with Crippen molar-refractivity contribution < 1.29 is 18.8 Å². The molecular formula is C29H24IN3O4S. The number of thioether (sulfide) groups is 1. The van der Waals surface area contributed by atoms with Crippen LogP contribution in [-0.4, -0.2) is 23.0 Å². The molecule has 0 radical (unpaired) electrons. The van der Waals surface area contributed by atoms with E-state index < -0.39 is 11.8 Å². The first-order valence-electron chi connectivity index (χ1n) is 11.6. The first kappa shape index (κ1) is 27.2. The number of carbonyl (C=O) groups excluding carboxylic acids is 3. The summed E-state index contributed by atoms with van der Waals surface area (Å²) in [5.74, 6) is -0.595. The number of carbonyl (C=O) groups is 3. The molecule has 0 saturated heterocycles. The molecule has 0 bridgehead atoms. The van der Waals surface area contributed by atoms with Gasteiger partial charge in [-0.2, -0.15) is 0 Å². The molecule has 1 aromatic heterocycles. The lowest BCUT2D eigenvalue weighted by Crippen LogP contribution is -2.30. The van der Waals surface area contributed by atoms with Gasteiger partial charge >= 0.3 is 0 Å². The van der Waals surface area contributed by atoms with Crippen molar-refractivity contribution in [2.24, 2.45) is 0 Å². The molecule has 0 saturated carbocycles. The first-order chi connectivity index (χ1) is 18.4. The van der Waals surface area contributed by atoms with Crippen LogP contribution in [0.1, 0.15) is 23.0 Å². The summed E-state index contributed by atoms with van der Waals surface area (Å²) in [7, 11) is 0. The van der Waals surface area contributed by atoms with E-state index in [4.69, 9.17) is 4.42 Å². The van der Waals surface area contributed by atoms with Gasteiger partial charge in [0.2, 0.25) is 5.91 Å². The zero-order valence-electron chi connectivity index (χ0n) is 20.3. The maximum Gasteiger partial charge on any atom is 0.272 e. The smallest absolute Gasteiger partial charge is 0.272 e. The van der Waals surface area contributed by atoms with E-state index in [2.05, 4.69) is 38.5 Å². The van der Waals surface area contributed by atoms with E-state index in [0.717, 1.165) is 14.2 Å². The Kier molecular flexibility index (Phi) is 9.39. The van der Waals surface area contributed by atoms with E-state index >= 15 is 0 Å². The Hall–Kier alpha value is -3.83. The number of furan rings is 1. The maximum absolute atomic E-state index is 13.1. The molecular weight excluding hydrogens is 613 g/mol. The second kappa shape index (κ2) is 13.1. The van der Waals surface area contributed by atoms with Gasteiger partial charge in [0.05, 0.1) is 11.5 Å². The van der Waals surface area contributed by atoms with Gasteiger partial charge in [-0.25, -0.2) is 0 Å². The molecule has 38 heavy (non-hydrogen) atoms. The van der Waals surface area contributed by atoms with E-state index in [-0.39, 0.29) is 16.9 Å². The van der Waals surface area contributed by atoms with Gasteiger partial charge in [-0.3, -0.25) is 14.4 Å². The molecule has 192 valence electrons. The largest absolute Gasteiger partial charge is 0.465 e. The molecule has 1 heterocycles. The molecule has 0 aliphatic heterocycles. The van der Waals surface area contributed by atoms with Gasteiger partial charge in [-0.15, -0.1) is 11.8 Å². The number of benzene rings is 3. The van der Waals surface area contributed by atoms with Crippen molar-refractivity contribution in [1.82, 2.24) is 5.32 Å². The Balaban J connectivity index is 1.39. The van der Waals surface area contributed by atoms with Crippen LogP contribution in [0.2, 0.25) is 0 Å². The van der Waals surface area contributed by atoms with Crippen LogP contribution in [0.5, 0.6) is 0 Å². The highest BCUT2D eigenvalue weighted by atomic mass is 127. The SMILES string of the molecule is CC(Sc1ccc(NC(=O)/C(=C/c2ccco2)NC(=O)c2ccccc2)cc1)C(=O)Nc1ccc(I)cc1. The molecule has 3 N–H and O–H groups in total. The number of hydrogen-bond acceptors (Lipinski definition) is 5. The first-order valence-corrected chi connectivity index (χ1v) is 13.6. The number of rotatable bonds is 9. The highest BCUT2D eigenvalue weighted by Gasteiger charge is 2.17. The Labute approximate surface area is 238 Å². The lowest BCUT2D eigenvalue weighted by molar-refractivity contribution is -0.115. The lowest BCUT2D eigenvalue weighted by atomic mass is 10.2. The molecule has 4 aromatic rings. The summed E-state index contributed by atoms with van der Waals surface area (Å²) < 4.78 is 6.42. The van der Waals surface area contributed by atoms with Gasteiger partial charge < -0.3 is 20.4 Å². The molecule has 3 aromatic carbocycles. The minimum absolute atomic E-state index is 0.0353. The highest BCUT2D eigenvalue weighted by Crippen LogP contribution is 2.26. The third-order valence-electron chi connectivity index (χ3n) is 5.26. The molecule has 0 aliphatic carbocycles. The Morgan fingerprint density at radius 1 is 0.842 bits per heavy atom. The predicted molar refractivity (Wildman–Crippen MR) is 159 cm³/mol. The number of halogens is 1. The molecule has 9 heteroatoms. The van der Waals surface area contributed by atoms with Crippen LogP contribution < -0.4 is 16.0 Å². The number of anilines is 2. The summed E-state index contributed by atoms with van der Waals surface area (Å²) in [6.07, 6.45) is 2.95. The van der Waals surface area contributed by atoms with Crippen LogP contribution in [-0.2, 0) is 9.59 Å². The van der Waals surface area contributed by atoms with E-state index in [1.165, 1.54) is 24.1 Å². The van der Waals surface area contributed by atoms with Crippen LogP contribution in [0.4, 0.5) is 11.4 Å². The number of nitrogens with one attached hydrogen (secondary N) is 3. The fourth-order valence-corrected chi connectivity index (χ4v) is 4.54. The summed E-state index contributed by atoms with van der Waals surface area (Å²) >= 11 is 3.62. The van der Waals surface area contributed by atoms with Crippen LogP contribution in [0, 0.1) is 3.57 Å². The molecule has 0 aliphatic rings. The maximum atomic E-state index is 13.1. The van der Waals surface area contributed by atoms with Crippen molar-refractivity contribution in [2.45, 2.75) is 17.1 Å². The molecule has 1 unspecified atom stereocenters. The second-order valence-corrected chi connectivity index (χ2v) is 10.8. The van der Waals surface area contributed by atoms with Crippen molar-refractivity contribution in [3.05, 3.63) is 118 Å². The average Bonchev–Trinajstić information content (AvgIpc) is 3.44. The third-order valence-corrected chi connectivity index (χ3v) is 7.10. The van der Waals surface area contributed by atoms with Crippen molar-refractivity contribution in [3.8, 4) is 0 Å². The molecule has 0 spiro atoms. The fraction of sp³-hybridized carbons (Fsp3) is 0.0690. The van der Waals surface area contributed by atoms with Gasteiger partial charge in [0.1, 0.15) is 11.5 Å². The standard InChI is InChI=1S/C29H24IN3O4S/c1-19(27(34)31-22-11-9-21(30)10-12-22)38-25-15-13-23(14-16-25)32-29(36)26(18-24-8-5-17-37-24)33-28(35)20-6-3-2-4-7-20/h2-19H,1H3,(H,31,34)(H,32,36)(H,33,35)/b26-18-. The molecule has 4 rings (SSSR count). The monoisotopic (exact) mass is 637 g/mol. The third kappa shape index (κ3) is 7.83. The summed E-state index contributed by atoms with van der Waals surface area (Å²) in [4.78, 5) is 39.2. The quantitative estimate of drug-likeness (QED) is 0.112. The normalized spacial score (nSPS) is 11.9. The van der Waals surface area contributed by atoms with Crippen LogP contribution in [0.3, 0.4) is 0 Å². The summed E-state index contributed by atoms with van der Waals surface area (Å²) in [6.45, 7) is 1.84. The van der Waals surface area contributed by atoms with Gasteiger partial charge in [0, 0.05) is 31.5 Å². The lowest BCUT2D eigenvalue weighted by Gasteiger charge is -2.13. The summed E-state index contributed by atoms with van der Waals surface area (Å²) in [5, 5.41) is 8.05. The predicted octanol–water partition coefficient (Wildman–Crippen LogP) is 6.41. The minimum Gasteiger partial charge on any atom is -0.465 e. The minimum atomic E-state index is -0.503. The molecule has 3 amide bonds. The van der Waals surface area contributed by atoms with Gasteiger partial charge in [-0.05, 0) is 102 Å². The van der Waals surface area contributed by atoms with Crippen LogP contribution in [0.15, 0.2) is 112 Å². The second-order valence-electron chi connectivity index (χ2n) is 8.13. The Morgan fingerprint density at radius 3 is 2.16 bits per heavy atom. The summed E-state index contributed by atoms with van der Waals surface area (Å²) in [5.41, 5.74) is 1.74. The van der Waals surface area contributed by atoms with E-state index in [0.29, 0.717) is 17.0 Å². The summed E-state index contributed by atoms with van der Waals surface area (Å²) in [6, 6.07) is 26.7. The Morgan fingerprint density at radius 2 is 1.50 bits per heavy atom. The molecule has 0 fully saturated rings. The van der Waals surface area contributed by atoms with Crippen LogP contribution >= 0.6 is 34.4 Å². The van der Waals surface area contributed by atoms with Crippen molar-refractivity contribution in [1.29, 1.82) is 0 Å². The van der Waals surface area contributed by atoms with Gasteiger partial charge in [0.15, 0.2) is 0 Å². The van der Waals surface area contributed by atoms with E-state index in [9.17, 15) is 14.4 Å². The van der Waals surface area contributed by atoms with Gasteiger partial charge in [0.25, 0.3) is 11.8 Å². The topological polar surface area (TPSA) is 100 Å². The fourth-order valence-electron chi connectivity index (χ4n) is 3.31. The zero-order valence-corrected chi connectivity index (χ0v) is 23.3. The molecule has 1 atom stereocenters. The van der Waals surface area contributed by atoms with Crippen molar-refractivity contribution in [3.63, 3.8) is 0 Å². The van der Waals surface area contributed by atoms with Gasteiger partial charge in [-0.1, -0.05) is 18.2 Å². The molecule has 7 nitrogen and oxygen atoms in total.